The normalized spacial score (nSPS) is 30.5. The molecule has 1 aliphatic heterocycles. The van der Waals surface area contributed by atoms with Gasteiger partial charge >= 0.3 is 0 Å². The largest absolute Gasteiger partial charge is 0.387 e. The first-order valence-electron chi connectivity index (χ1n) is 7.46. The van der Waals surface area contributed by atoms with Gasteiger partial charge in [-0.25, -0.2) is 4.98 Å². The van der Waals surface area contributed by atoms with Gasteiger partial charge in [-0.2, -0.15) is 5.26 Å². The van der Waals surface area contributed by atoms with Crippen LogP contribution in [0.3, 0.4) is 0 Å². The molecule has 2 heterocycles. The predicted octanol–water partition coefficient (Wildman–Crippen LogP) is 2.90. The van der Waals surface area contributed by atoms with Gasteiger partial charge in [0.25, 0.3) is 0 Å². The van der Waals surface area contributed by atoms with Gasteiger partial charge in [0.2, 0.25) is 0 Å². The van der Waals surface area contributed by atoms with Crippen LogP contribution < -0.4 is 0 Å². The standard InChI is InChI=1S/C17H17N3O/c18-9-12-5-7-17(21,8-6-12)16-14-4-2-1-3-13(14)15-10-19-11-20(15)16/h1-4,10-12,16,21H,5-8H2/t12-,16-,17-/m0/s1. The van der Waals surface area contributed by atoms with E-state index in [0.717, 1.165) is 24.1 Å². The van der Waals surface area contributed by atoms with Crippen LogP contribution in [-0.2, 0) is 0 Å². The van der Waals surface area contributed by atoms with Gasteiger partial charge < -0.3 is 9.67 Å². The molecule has 0 unspecified atom stereocenters. The smallest absolute Gasteiger partial charge is 0.0957 e. The highest BCUT2D eigenvalue weighted by Crippen LogP contribution is 2.49. The molecule has 106 valence electrons. The summed E-state index contributed by atoms with van der Waals surface area (Å²) in [4.78, 5) is 4.25. The van der Waals surface area contributed by atoms with Crippen LogP contribution in [0.5, 0.6) is 0 Å². The molecule has 1 aromatic carbocycles. The van der Waals surface area contributed by atoms with Gasteiger partial charge in [-0.15, -0.1) is 0 Å². The number of nitriles is 1. The average molecular weight is 279 g/mol. The molecule has 2 aliphatic rings. The van der Waals surface area contributed by atoms with E-state index in [1.165, 1.54) is 5.56 Å². The molecule has 1 N–H and O–H groups in total. The summed E-state index contributed by atoms with van der Waals surface area (Å²) >= 11 is 0. The van der Waals surface area contributed by atoms with Gasteiger partial charge in [0.1, 0.15) is 0 Å². The Kier molecular flexibility index (Phi) is 2.66. The molecule has 0 radical (unpaired) electrons. The third-order valence-corrected chi connectivity index (χ3v) is 5.02. The molecule has 1 fully saturated rings. The van der Waals surface area contributed by atoms with E-state index in [0.29, 0.717) is 12.8 Å². The van der Waals surface area contributed by atoms with Crippen molar-refractivity contribution in [3.63, 3.8) is 0 Å². The van der Waals surface area contributed by atoms with E-state index in [1.807, 2.05) is 24.7 Å². The number of aromatic nitrogens is 2. The zero-order chi connectivity index (χ0) is 14.4. The van der Waals surface area contributed by atoms with Gasteiger partial charge in [-0.05, 0) is 31.2 Å². The van der Waals surface area contributed by atoms with E-state index in [2.05, 4.69) is 27.8 Å². The van der Waals surface area contributed by atoms with Crippen LogP contribution in [0.2, 0.25) is 0 Å². The first-order valence-corrected chi connectivity index (χ1v) is 7.46. The van der Waals surface area contributed by atoms with Crippen molar-refractivity contribution >= 4 is 0 Å². The molecule has 4 rings (SSSR count). The van der Waals surface area contributed by atoms with Crippen molar-refractivity contribution < 1.29 is 5.11 Å². The lowest BCUT2D eigenvalue weighted by molar-refractivity contribution is -0.0344. The van der Waals surface area contributed by atoms with Crippen molar-refractivity contribution in [1.29, 1.82) is 5.26 Å². The van der Waals surface area contributed by atoms with Crippen molar-refractivity contribution in [2.45, 2.75) is 37.3 Å². The number of nitrogens with zero attached hydrogens (tertiary/aromatic N) is 3. The number of aliphatic hydroxyl groups is 1. The summed E-state index contributed by atoms with van der Waals surface area (Å²) in [7, 11) is 0. The summed E-state index contributed by atoms with van der Waals surface area (Å²) in [5, 5.41) is 20.3. The zero-order valence-electron chi connectivity index (χ0n) is 11.7. The molecular formula is C17H17N3O. The fourth-order valence-electron chi connectivity index (χ4n) is 3.91. The molecule has 4 nitrogen and oxygen atoms in total. The second-order valence-corrected chi connectivity index (χ2v) is 6.18. The minimum Gasteiger partial charge on any atom is -0.387 e. The Morgan fingerprint density at radius 1 is 1.29 bits per heavy atom. The van der Waals surface area contributed by atoms with Gasteiger partial charge in [-0.3, -0.25) is 0 Å². The molecule has 0 spiro atoms. The number of hydrogen-bond donors (Lipinski definition) is 1. The molecule has 0 amide bonds. The van der Waals surface area contributed by atoms with Gasteiger partial charge in [0, 0.05) is 11.5 Å². The Morgan fingerprint density at radius 3 is 2.81 bits per heavy atom. The van der Waals surface area contributed by atoms with E-state index in [1.54, 1.807) is 0 Å². The molecule has 1 aromatic heterocycles. The molecule has 1 atom stereocenters. The van der Waals surface area contributed by atoms with Crippen LogP contribution >= 0.6 is 0 Å². The highest BCUT2D eigenvalue weighted by molar-refractivity contribution is 5.69. The fraction of sp³-hybridized carbons (Fsp3) is 0.412. The molecule has 2 aromatic rings. The topological polar surface area (TPSA) is 61.8 Å². The third-order valence-electron chi connectivity index (χ3n) is 5.02. The lowest BCUT2D eigenvalue weighted by atomic mass is 9.73. The minimum atomic E-state index is -0.782. The molecule has 21 heavy (non-hydrogen) atoms. The number of fused-ring (bicyclic) bond motifs is 3. The summed E-state index contributed by atoms with van der Waals surface area (Å²) in [5.74, 6) is 0.0872. The van der Waals surface area contributed by atoms with Crippen LogP contribution in [0.1, 0.15) is 37.3 Å². The second kappa shape index (κ2) is 4.44. The Hall–Kier alpha value is -2.12. The average Bonchev–Trinajstić information content (AvgIpc) is 3.08. The maximum Gasteiger partial charge on any atom is 0.0957 e. The van der Waals surface area contributed by atoms with Crippen LogP contribution in [-0.4, -0.2) is 20.3 Å². The van der Waals surface area contributed by atoms with Crippen LogP contribution in [0, 0.1) is 17.2 Å². The third kappa shape index (κ3) is 1.74. The van der Waals surface area contributed by atoms with Crippen molar-refractivity contribution in [3.8, 4) is 17.3 Å². The Balaban J connectivity index is 1.78. The zero-order valence-corrected chi connectivity index (χ0v) is 11.7. The van der Waals surface area contributed by atoms with Crippen LogP contribution in [0.15, 0.2) is 36.8 Å². The number of rotatable bonds is 1. The lowest BCUT2D eigenvalue weighted by Gasteiger charge is -2.39. The molecular weight excluding hydrogens is 262 g/mol. The number of hydrogen-bond acceptors (Lipinski definition) is 3. The van der Waals surface area contributed by atoms with Crippen LogP contribution in [0.25, 0.3) is 11.3 Å². The fourth-order valence-corrected chi connectivity index (χ4v) is 3.91. The summed E-state index contributed by atoms with van der Waals surface area (Å²) in [6.45, 7) is 0. The molecule has 1 saturated carbocycles. The van der Waals surface area contributed by atoms with Crippen molar-refractivity contribution in [2.75, 3.05) is 0 Å². The second-order valence-electron chi connectivity index (χ2n) is 6.18. The van der Waals surface area contributed by atoms with E-state index in [4.69, 9.17) is 5.26 Å². The van der Waals surface area contributed by atoms with Crippen molar-refractivity contribution in [2.24, 2.45) is 5.92 Å². The van der Waals surface area contributed by atoms with E-state index >= 15 is 0 Å². The predicted molar refractivity (Wildman–Crippen MR) is 78.3 cm³/mol. The summed E-state index contributed by atoms with van der Waals surface area (Å²) in [6, 6.07) is 10.5. The van der Waals surface area contributed by atoms with E-state index in [-0.39, 0.29) is 12.0 Å². The van der Waals surface area contributed by atoms with Gasteiger partial charge in [-0.1, -0.05) is 24.3 Å². The van der Waals surface area contributed by atoms with Crippen molar-refractivity contribution in [1.82, 2.24) is 9.55 Å². The number of imidazole rings is 1. The van der Waals surface area contributed by atoms with Crippen molar-refractivity contribution in [3.05, 3.63) is 42.4 Å². The first kappa shape index (κ1) is 12.6. The quantitative estimate of drug-likeness (QED) is 0.873. The number of benzene rings is 1. The Morgan fingerprint density at radius 2 is 2.05 bits per heavy atom. The van der Waals surface area contributed by atoms with Gasteiger partial charge in [0.05, 0.1) is 35.9 Å². The van der Waals surface area contributed by atoms with Gasteiger partial charge in [0.15, 0.2) is 0 Å². The highest BCUT2D eigenvalue weighted by Gasteiger charge is 2.46. The van der Waals surface area contributed by atoms with E-state index < -0.39 is 5.60 Å². The molecule has 0 bridgehead atoms. The molecule has 0 saturated heterocycles. The molecule has 4 heteroatoms. The Labute approximate surface area is 123 Å². The maximum atomic E-state index is 11.2. The van der Waals surface area contributed by atoms with Crippen LogP contribution in [0.4, 0.5) is 0 Å². The maximum absolute atomic E-state index is 11.2. The minimum absolute atomic E-state index is 0.0779. The monoisotopic (exact) mass is 279 g/mol. The summed E-state index contributed by atoms with van der Waals surface area (Å²) in [6.07, 6.45) is 6.56. The lowest BCUT2D eigenvalue weighted by Crippen LogP contribution is -2.42. The highest BCUT2D eigenvalue weighted by atomic mass is 16.3. The molecule has 1 aliphatic carbocycles. The summed E-state index contributed by atoms with van der Waals surface area (Å²) in [5.41, 5.74) is 2.63. The SMILES string of the molecule is N#C[C@H]1CC[C@@](O)([C@@H]2c3ccccc3-c3cncn32)CC1. The van der Waals surface area contributed by atoms with E-state index in [9.17, 15) is 5.11 Å². The first-order chi connectivity index (χ1) is 10.2. The Bertz CT molecular complexity index is 720. The summed E-state index contributed by atoms with van der Waals surface area (Å²) < 4.78 is 2.09.